The van der Waals surface area contributed by atoms with E-state index in [1.807, 2.05) is 0 Å². The van der Waals surface area contributed by atoms with Gasteiger partial charge in [0.15, 0.2) is 0 Å². The van der Waals surface area contributed by atoms with Crippen LogP contribution in [-0.4, -0.2) is 26.7 Å². The second-order valence-electron chi connectivity index (χ2n) is 5.98. The fourth-order valence-electron chi connectivity index (χ4n) is 2.52. The van der Waals surface area contributed by atoms with Gasteiger partial charge in [-0.25, -0.2) is 12.8 Å². The van der Waals surface area contributed by atoms with Crippen LogP contribution in [0.25, 0.3) is 0 Å². The molecule has 1 amide bonds. The highest BCUT2D eigenvalue weighted by atomic mass is 32.2. The molecule has 0 aliphatic carbocycles. The van der Waals surface area contributed by atoms with Crippen molar-refractivity contribution in [3.05, 3.63) is 59.4 Å². The number of hydrogen-bond acceptors (Lipinski definition) is 4. The second kappa shape index (κ2) is 7.25. The number of nitrogens with one attached hydrogen (secondary N) is 2. The summed E-state index contributed by atoms with van der Waals surface area (Å²) in [5.41, 5.74) is 0.891. The number of rotatable bonds is 4. The minimum atomic E-state index is -3.77. The number of hydrogen-bond donors (Lipinski definition) is 2. The zero-order valence-corrected chi connectivity index (χ0v) is 14.9. The molecule has 1 aliphatic rings. The number of sulfonamides is 1. The molecule has 136 valence electrons. The summed E-state index contributed by atoms with van der Waals surface area (Å²) in [6.45, 7) is 2.22. The van der Waals surface area contributed by atoms with Gasteiger partial charge in [-0.15, -0.1) is 0 Å². The number of benzene rings is 2. The Hall–Kier alpha value is -2.74. The van der Waals surface area contributed by atoms with Crippen LogP contribution < -0.4 is 10.0 Å². The van der Waals surface area contributed by atoms with E-state index >= 15 is 0 Å². The van der Waals surface area contributed by atoms with Crippen molar-refractivity contribution in [2.75, 3.05) is 11.9 Å². The largest absolute Gasteiger partial charge is 0.322 e. The first-order valence-corrected chi connectivity index (χ1v) is 9.57. The summed E-state index contributed by atoms with van der Waals surface area (Å²) in [5.74, 6) is -0.559. The Kier molecular flexibility index (Phi) is 5.03. The summed E-state index contributed by atoms with van der Waals surface area (Å²) >= 11 is 0. The standard InChI is InChI=1S/C18H18FN3O3S/c1-12-7-8-13(10-16(12)19)18(23)21-14-4-2-5-15(11-14)26(24,25)22-17-6-3-9-20-17/h2,4-5,7-8,10-11H,3,6,9H2,1H3,(H,20,22)(H,21,23). The second-order valence-corrected chi connectivity index (χ2v) is 7.67. The molecule has 0 spiro atoms. The first kappa shape index (κ1) is 18.1. The molecule has 6 nitrogen and oxygen atoms in total. The molecule has 2 N–H and O–H groups in total. The monoisotopic (exact) mass is 375 g/mol. The first-order chi connectivity index (χ1) is 12.3. The van der Waals surface area contributed by atoms with Gasteiger partial charge in [0, 0.05) is 24.2 Å². The van der Waals surface area contributed by atoms with Crippen molar-refractivity contribution in [3.8, 4) is 0 Å². The van der Waals surface area contributed by atoms with Crippen LogP contribution in [0.5, 0.6) is 0 Å². The number of aliphatic imine (C=N–C) groups is 1. The summed E-state index contributed by atoms with van der Waals surface area (Å²) in [6, 6.07) is 10.0. The third-order valence-corrected chi connectivity index (χ3v) is 5.34. The topological polar surface area (TPSA) is 87.6 Å². The minimum Gasteiger partial charge on any atom is -0.322 e. The van der Waals surface area contributed by atoms with Crippen LogP contribution in [0.3, 0.4) is 0 Å². The summed E-state index contributed by atoms with van der Waals surface area (Å²) in [4.78, 5) is 16.4. The lowest BCUT2D eigenvalue weighted by atomic mass is 10.1. The van der Waals surface area contributed by atoms with Gasteiger partial charge in [-0.05, 0) is 49.2 Å². The van der Waals surface area contributed by atoms with Crippen LogP contribution in [0.4, 0.5) is 10.1 Å². The number of carbonyl (C=O) groups excluding carboxylic acids is 1. The summed E-state index contributed by atoms with van der Waals surface area (Å²) in [5, 5.41) is 2.58. The number of amides is 1. The number of nitrogens with zero attached hydrogens (tertiary/aromatic N) is 1. The fourth-order valence-corrected chi connectivity index (χ4v) is 3.65. The van der Waals surface area contributed by atoms with E-state index < -0.39 is 21.7 Å². The van der Waals surface area contributed by atoms with Gasteiger partial charge in [0.25, 0.3) is 15.9 Å². The Labute approximate surface area is 151 Å². The Balaban J connectivity index is 1.78. The molecule has 26 heavy (non-hydrogen) atoms. The molecular weight excluding hydrogens is 357 g/mol. The van der Waals surface area contributed by atoms with Crippen molar-refractivity contribution in [3.63, 3.8) is 0 Å². The Morgan fingerprint density at radius 2 is 2.00 bits per heavy atom. The van der Waals surface area contributed by atoms with E-state index in [1.165, 1.54) is 30.3 Å². The van der Waals surface area contributed by atoms with Gasteiger partial charge in [0.05, 0.1) is 4.90 Å². The third-order valence-electron chi connectivity index (χ3n) is 3.96. The molecule has 3 rings (SSSR count). The predicted octanol–water partition coefficient (Wildman–Crippen LogP) is 2.86. The third kappa shape index (κ3) is 4.08. The Bertz CT molecular complexity index is 987. The molecule has 2 aromatic rings. The van der Waals surface area contributed by atoms with Gasteiger partial charge in [0.1, 0.15) is 11.7 Å². The highest BCUT2D eigenvalue weighted by molar-refractivity contribution is 7.90. The van der Waals surface area contributed by atoms with Crippen molar-refractivity contribution in [2.45, 2.75) is 24.7 Å². The Morgan fingerprint density at radius 3 is 2.69 bits per heavy atom. The van der Waals surface area contributed by atoms with Crippen molar-refractivity contribution in [1.29, 1.82) is 0 Å². The smallest absolute Gasteiger partial charge is 0.262 e. The highest BCUT2D eigenvalue weighted by Gasteiger charge is 2.19. The normalized spacial score (nSPS) is 14.0. The number of aryl methyl sites for hydroxylation is 1. The van der Waals surface area contributed by atoms with Gasteiger partial charge in [0.2, 0.25) is 0 Å². The lowest BCUT2D eigenvalue weighted by Crippen LogP contribution is -2.29. The SMILES string of the molecule is Cc1ccc(C(=O)Nc2cccc(S(=O)(=O)NC3=NCCC3)c2)cc1F. The molecule has 0 bridgehead atoms. The molecule has 0 atom stereocenters. The molecule has 8 heteroatoms. The van der Waals surface area contributed by atoms with Crippen LogP contribution >= 0.6 is 0 Å². The van der Waals surface area contributed by atoms with Crippen LogP contribution in [0.2, 0.25) is 0 Å². The highest BCUT2D eigenvalue weighted by Crippen LogP contribution is 2.18. The van der Waals surface area contributed by atoms with E-state index in [0.717, 1.165) is 12.5 Å². The number of amidine groups is 1. The lowest BCUT2D eigenvalue weighted by molar-refractivity contribution is 0.102. The number of carbonyl (C=O) groups is 1. The van der Waals surface area contributed by atoms with Crippen LogP contribution in [0.1, 0.15) is 28.8 Å². The predicted molar refractivity (Wildman–Crippen MR) is 97.4 cm³/mol. The number of halogens is 1. The molecule has 0 fully saturated rings. The van der Waals surface area contributed by atoms with Crippen LogP contribution in [0, 0.1) is 12.7 Å². The van der Waals surface area contributed by atoms with Crippen LogP contribution in [0.15, 0.2) is 52.4 Å². The first-order valence-electron chi connectivity index (χ1n) is 8.09. The van der Waals surface area contributed by atoms with Gasteiger partial charge in [-0.2, -0.15) is 0 Å². The molecule has 2 aromatic carbocycles. The molecular formula is C18H18FN3O3S. The molecule has 0 saturated heterocycles. The van der Waals surface area contributed by atoms with E-state index in [-0.39, 0.29) is 10.5 Å². The maximum Gasteiger partial charge on any atom is 0.262 e. The van der Waals surface area contributed by atoms with E-state index in [0.29, 0.717) is 30.1 Å². The maximum atomic E-state index is 13.6. The van der Waals surface area contributed by atoms with Gasteiger partial charge >= 0.3 is 0 Å². The van der Waals surface area contributed by atoms with E-state index in [2.05, 4.69) is 15.0 Å². The van der Waals surface area contributed by atoms with Crippen molar-refractivity contribution in [1.82, 2.24) is 4.72 Å². The van der Waals surface area contributed by atoms with Crippen molar-refractivity contribution >= 4 is 27.5 Å². The summed E-state index contributed by atoms with van der Waals surface area (Å²) < 4.78 is 40.9. The maximum absolute atomic E-state index is 13.6. The average Bonchev–Trinajstić information content (AvgIpc) is 3.10. The van der Waals surface area contributed by atoms with E-state index in [4.69, 9.17) is 0 Å². The van der Waals surface area contributed by atoms with Gasteiger partial charge in [-0.3, -0.25) is 14.5 Å². The lowest BCUT2D eigenvalue weighted by Gasteiger charge is -2.10. The Morgan fingerprint density at radius 1 is 1.19 bits per heavy atom. The fraction of sp³-hybridized carbons (Fsp3) is 0.222. The summed E-state index contributed by atoms with van der Waals surface area (Å²) in [7, 11) is -3.77. The molecule has 1 heterocycles. The number of anilines is 1. The quantitative estimate of drug-likeness (QED) is 0.861. The molecule has 0 unspecified atom stereocenters. The zero-order chi connectivity index (χ0) is 18.7. The van der Waals surface area contributed by atoms with Crippen LogP contribution in [-0.2, 0) is 10.0 Å². The van der Waals surface area contributed by atoms with E-state index in [9.17, 15) is 17.6 Å². The summed E-state index contributed by atoms with van der Waals surface area (Å²) in [6.07, 6.45) is 1.41. The molecule has 0 aromatic heterocycles. The van der Waals surface area contributed by atoms with Crippen molar-refractivity contribution < 1.29 is 17.6 Å². The zero-order valence-electron chi connectivity index (χ0n) is 14.1. The van der Waals surface area contributed by atoms with Gasteiger partial charge < -0.3 is 5.32 Å². The molecule has 0 saturated carbocycles. The molecule has 1 aliphatic heterocycles. The average molecular weight is 375 g/mol. The van der Waals surface area contributed by atoms with E-state index in [1.54, 1.807) is 13.0 Å². The van der Waals surface area contributed by atoms with Crippen molar-refractivity contribution in [2.24, 2.45) is 4.99 Å². The van der Waals surface area contributed by atoms with Gasteiger partial charge in [-0.1, -0.05) is 12.1 Å². The minimum absolute atomic E-state index is 0.0139. The molecule has 0 radical (unpaired) electrons.